The molecule has 2 aromatic heterocycles. The number of benzene rings is 1. The number of aromatic nitrogens is 2. The van der Waals surface area contributed by atoms with Gasteiger partial charge in [-0.3, -0.25) is 9.69 Å². The van der Waals surface area contributed by atoms with Gasteiger partial charge < -0.3 is 16.4 Å². The molecule has 3 amide bonds. The lowest BCUT2D eigenvalue weighted by Gasteiger charge is -2.16. The minimum absolute atomic E-state index is 0.237. The predicted octanol–water partition coefficient (Wildman–Crippen LogP) is 2.68. The second-order valence-corrected chi connectivity index (χ2v) is 8.20. The molecule has 4 N–H and O–H groups in total. The molecule has 0 spiro atoms. The monoisotopic (exact) mass is 396 g/mol. The molecule has 8 nitrogen and oxygen atoms in total. The Kier molecular flexibility index (Phi) is 4.38. The molecule has 1 fully saturated rings. The molecule has 9 heteroatoms. The van der Waals surface area contributed by atoms with Gasteiger partial charge in [0.1, 0.15) is 5.54 Å². The zero-order chi connectivity index (χ0) is 19.9. The van der Waals surface area contributed by atoms with Crippen molar-refractivity contribution in [1.29, 1.82) is 0 Å². The number of amides is 3. The van der Waals surface area contributed by atoms with Crippen LogP contribution in [0.25, 0.3) is 20.7 Å². The molecule has 0 atom stereocenters. The molecular weight excluding hydrogens is 376 g/mol. The summed E-state index contributed by atoms with van der Waals surface area (Å²) in [4.78, 5) is 35.1. The van der Waals surface area contributed by atoms with Crippen LogP contribution in [-0.4, -0.2) is 45.4 Å². The van der Waals surface area contributed by atoms with Crippen LogP contribution in [0.15, 0.2) is 36.5 Å². The number of anilines is 2. The van der Waals surface area contributed by atoms with Gasteiger partial charge in [0.15, 0.2) is 0 Å². The molecule has 0 radical (unpaired) electrons. The van der Waals surface area contributed by atoms with E-state index in [1.165, 1.54) is 4.90 Å². The van der Waals surface area contributed by atoms with Crippen molar-refractivity contribution < 1.29 is 9.59 Å². The van der Waals surface area contributed by atoms with Crippen LogP contribution in [0.4, 0.5) is 16.4 Å². The third-order valence-corrected chi connectivity index (χ3v) is 5.65. The Morgan fingerprint density at radius 1 is 1.25 bits per heavy atom. The van der Waals surface area contributed by atoms with Gasteiger partial charge in [0.2, 0.25) is 5.95 Å². The van der Waals surface area contributed by atoms with Gasteiger partial charge in [-0.1, -0.05) is 0 Å². The topological polar surface area (TPSA) is 113 Å². The first-order valence-electron chi connectivity index (χ1n) is 8.84. The number of fused-ring (bicyclic) bond motifs is 1. The molecule has 1 aliphatic heterocycles. The van der Waals surface area contributed by atoms with E-state index in [0.29, 0.717) is 12.5 Å². The summed E-state index contributed by atoms with van der Waals surface area (Å²) in [5.41, 5.74) is 6.52. The molecule has 3 heterocycles. The fourth-order valence-corrected chi connectivity index (χ4v) is 4.08. The second-order valence-electron chi connectivity index (χ2n) is 7.11. The third-order valence-electron chi connectivity index (χ3n) is 4.51. The number of hydrogen-bond donors (Lipinski definition) is 3. The average Bonchev–Trinajstić information content (AvgIpc) is 3.15. The van der Waals surface area contributed by atoms with Crippen LogP contribution in [0.5, 0.6) is 0 Å². The van der Waals surface area contributed by atoms with Crippen LogP contribution in [0.1, 0.15) is 13.8 Å². The van der Waals surface area contributed by atoms with Crippen LogP contribution < -0.4 is 16.4 Å². The first kappa shape index (κ1) is 18.2. The maximum atomic E-state index is 12.2. The fraction of sp³-hybridized carbons (Fsp3) is 0.263. The summed E-state index contributed by atoms with van der Waals surface area (Å²) in [6.07, 6.45) is 1.68. The molecule has 28 heavy (non-hydrogen) atoms. The van der Waals surface area contributed by atoms with Crippen molar-refractivity contribution in [3.8, 4) is 10.6 Å². The van der Waals surface area contributed by atoms with Gasteiger partial charge in [0.05, 0.1) is 10.6 Å². The number of nitrogen functional groups attached to an aromatic ring is 1. The van der Waals surface area contributed by atoms with Crippen molar-refractivity contribution in [1.82, 2.24) is 20.2 Å². The normalized spacial score (nSPS) is 15.9. The summed E-state index contributed by atoms with van der Waals surface area (Å²) < 4.78 is 1.14. The smallest absolute Gasteiger partial charge is 0.325 e. The Morgan fingerprint density at radius 3 is 2.82 bits per heavy atom. The molecule has 1 saturated heterocycles. The van der Waals surface area contributed by atoms with Crippen molar-refractivity contribution in [3.63, 3.8) is 0 Å². The highest BCUT2D eigenvalue weighted by atomic mass is 32.1. The van der Waals surface area contributed by atoms with E-state index in [-0.39, 0.29) is 18.5 Å². The van der Waals surface area contributed by atoms with Crippen molar-refractivity contribution >= 4 is 45.0 Å². The van der Waals surface area contributed by atoms with Crippen molar-refractivity contribution in [2.75, 3.05) is 24.1 Å². The van der Waals surface area contributed by atoms with E-state index in [1.807, 2.05) is 24.3 Å². The lowest BCUT2D eigenvalue weighted by molar-refractivity contribution is -0.130. The fourth-order valence-electron chi connectivity index (χ4n) is 3.07. The van der Waals surface area contributed by atoms with E-state index < -0.39 is 5.54 Å². The zero-order valence-electron chi connectivity index (χ0n) is 15.5. The Hall–Kier alpha value is -3.20. The van der Waals surface area contributed by atoms with Crippen LogP contribution in [-0.2, 0) is 4.79 Å². The number of imide groups is 1. The summed E-state index contributed by atoms with van der Waals surface area (Å²) in [6, 6.07) is 9.34. The summed E-state index contributed by atoms with van der Waals surface area (Å²) in [6.45, 7) is 3.98. The van der Waals surface area contributed by atoms with Gasteiger partial charge >= 0.3 is 6.03 Å². The van der Waals surface area contributed by atoms with Gasteiger partial charge in [0.25, 0.3) is 5.91 Å². The summed E-state index contributed by atoms with van der Waals surface area (Å²) in [5.74, 6) is 0.208. The average molecular weight is 396 g/mol. The molecule has 144 valence electrons. The maximum Gasteiger partial charge on any atom is 0.325 e. The van der Waals surface area contributed by atoms with E-state index >= 15 is 0 Å². The number of hydrogen-bond acceptors (Lipinski definition) is 7. The van der Waals surface area contributed by atoms with E-state index in [2.05, 4.69) is 26.7 Å². The maximum absolute atomic E-state index is 12.2. The van der Waals surface area contributed by atoms with E-state index in [0.717, 1.165) is 26.3 Å². The van der Waals surface area contributed by atoms with Gasteiger partial charge in [-0.25, -0.2) is 14.8 Å². The van der Waals surface area contributed by atoms with Crippen LogP contribution in [0, 0.1) is 0 Å². The van der Waals surface area contributed by atoms with E-state index in [4.69, 9.17) is 5.73 Å². The number of carbonyl (C=O) groups is 2. The lowest BCUT2D eigenvalue weighted by Crippen LogP contribution is -2.40. The number of nitrogens with two attached hydrogens (primary N) is 1. The summed E-state index contributed by atoms with van der Waals surface area (Å²) >= 11 is 1.63. The Labute approximate surface area is 165 Å². The number of urea groups is 1. The Morgan fingerprint density at radius 2 is 2.07 bits per heavy atom. The zero-order valence-corrected chi connectivity index (χ0v) is 16.3. The van der Waals surface area contributed by atoms with Crippen LogP contribution >= 0.6 is 11.3 Å². The van der Waals surface area contributed by atoms with Crippen molar-refractivity contribution in [2.45, 2.75) is 19.4 Å². The number of nitrogens with one attached hydrogen (secondary N) is 2. The minimum atomic E-state index is -0.863. The largest absolute Gasteiger partial charge is 0.399 e. The van der Waals surface area contributed by atoms with Crippen molar-refractivity contribution in [3.05, 3.63) is 36.5 Å². The molecule has 0 aliphatic carbocycles. The highest BCUT2D eigenvalue weighted by Crippen LogP contribution is 2.33. The number of rotatable bonds is 5. The molecular formula is C19H20N6O2S. The SMILES string of the molecule is CC1(C)NC(=O)N(CCNc2nccc(-c3cc4cc(N)ccc4s3)n2)C1=O. The molecule has 4 rings (SSSR count). The molecule has 0 saturated carbocycles. The highest BCUT2D eigenvalue weighted by Gasteiger charge is 2.43. The lowest BCUT2D eigenvalue weighted by atomic mass is 10.1. The predicted molar refractivity (Wildman–Crippen MR) is 110 cm³/mol. The Balaban J connectivity index is 1.45. The van der Waals surface area contributed by atoms with E-state index in [1.54, 1.807) is 31.4 Å². The number of carbonyl (C=O) groups excluding carboxylic acids is 2. The highest BCUT2D eigenvalue weighted by molar-refractivity contribution is 7.22. The third kappa shape index (κ3) is 3.36. The Bertz CT molecular complexity index is 1080. The molecule has 1 aromatic carbocycles. The van der Waals surface area contributed by atoms with Gasteiger partial charge in [-0.05, 0) is 49.6 Å². The molecule has 3 aromatic rings. The first-order valence-corrected chi connectivity index (χ1v) is 9.66. The standard InChI is InChI=1S/C19H20N6O2S/c1-19(2)16(26)25(18(27)24-19)8-7-22-17-21-6-5-13(23-17)15-10-11-9-12(20)3-4-14(11)28-15/h3-6,9-10H,7-8,20H2,1-2H3,(H,24,27)(H,21,22,23). The quantitative estimate of drug-likeness (QED) is 0.451. The van der Waals surface area contributed by atoms with Crippen LogP contribution in [0.2, 0.25) is 0 Å². The molecule has 1 aliphatic rings. The number of thiophene rings is 1. The second kappa shape index (κ2) is 6.75. The summed E-state index contributed by atoms with van der Waals surface area (Å²) in [7, 11) is 0. The molecule has 0 unspecified atom stereocenters. The van der Waals surface area contributed by atoms with Gasteiger partial charge in [-0.15, -0.1) is 11.3 Å². The first-order chi connectivity index (χ1) is 13.3. The number of nitrogens with zero attached hydrogens (tertiary/aromatic N) is 3. The van der Waals surface area contributed by atoms with Gasteiger partial charge in [0, 0.05) is 29.7 Å². The van der Waals surface area contributed by atoms with Gasteiger partial charge in [-0.2, -0.15) is 0 Å². The van der Waals surface area contributed by atoms with Crippen molar-refractivity contribution in [2.24, 2.45) is 0 Å². The molecule has 0 bridgehead atoms. The van der Waals surface area contributed by atoms with E-state index in [9.17, 15) is 9.59 Å². The summed E-state index contributed by atoms with van der Waals surface area (Å²) in [5, 5.41) is 6.82. The van der Waals surface area contributed by atoms with Crippen LogP contribution in [0.3, 0.4) is 0 Å². The minimum Gasteiger partial charge on any atom is -0.399 e.